The lowest BCUT2D eigenvalue weighted by Gasteiger charge is -2.39. The van der Waals surface area contributed by atoms with Crippen molar-refractivity contribution in [1.29, 1.82) is 0 Å². The van der Waals surface area contributed by atoms with E-state index >= 15 is 0 Å². The number of rotatable bonds is 9. The molecule has 2 unspecified atom stereocenters. The summed E-state index contributed by atoms with van der Waals surface area (Å²) in [5.74, 6) is 0.192. The number of H-pyrrole nitrogens is 1. The van der Waals surface area contributed by atoms with Crippen LogP contribution in [0, 0.1) is 0 Å². The van der Waals surface area contributed by atoms with Gasteiger partial charge in [-0.15, -0.1) is 0 Å². The summed E-state index contributed by atoms with van der Waals surface area (Å²) in [6.07, 6.45) is 9.09. The van der Waals surface area contributed by atoms with Crippen LogP contribution in [0.4, 0.5) is 14.6 Å². The van der Waals surface area contributed by atoms with Crippen LogP contribution in [0.2, 0.25) is 5.02 Å². The molecule has 0 amide bonds. The molecule has 2 atom stereocenters. The predicted molar refractivity (Wildman–Crippen MR) is 138 cm³/mol. The Morgan fingerprint density at radius 3 is 2.55 bits per heavy atom. The fourth-order valence-electron chi connectivity index (χ4n) is 6.05. The highest BCUT2D eigenvalue weighted by molar-refractivity contribution is 6.33. The monoisotopic (exact) mass is 543 g/mol. The van der Waals surface area contributed by atoms with Gasteiger partial charge in [0, 0.05) is 52.9 Å². The van der Waals surface area contributed by atoms with Crippen LogP contribution in [0.25, 0.3) is 11.1 Å². The molecule has 1 aromatic carbocycles. The van der Waals surface area contributed by atoms with Crippen LogP contribution in [0.5, 0.6) is 5.75 Å². The van der Waals surface area contributed by atoms with E-state index in [0.717, 1.165) is 55.3 Å². The number of pyridine rings is 1. The van der Waals surface area contributed by atoms with Crippen molar-refractivity contribution < 1.29 is 28.2 Å². The van der Waals surface area contributed by atoms with Crippen molar-refractivity contribution in [1.82, 2.24) is 9.97 Å². The number of fused-ring (bicyclic) bond motifs is 2. The fourth-order valence-corrected chi connectivity index (χ4v) is 6.27. The minimum Gasteiger partial charge on any atom is -0.478 e. The SMILES string of the molecule is O=C(O)c1cnc(N2C3CCC2CC(OCc2c(-c4ccccc4OC(F)F)c[nH]c2C2CC2)C3)cc1Cl. The molecule has 10 heteroatoms. The Bertz CT molecular complexity index is 1330. The van der Waals surface area contributed by atoms with Crippen molar-refractivity contribution in [3.8, 4) is 16.9 Å². The number of nitrogens with zero attached hydrogens (tertiary/aromatic N) is 2. The second-order valence-electron chi connectivity index (χ2n) is 10.3. The number of aromatic carboxylic acids is 1. The summed E-state index contributed by atoms with van der Waals surface area (Å²) in [4.78, 5) is 21.4. The molecule has 7 nitrogen and oxygen atoms in total. The number of hydrogen-bond acceptors (Lipinski definition) is 5. The largest absolute Gasteiger partial charge is 0.478 e. The van der Waals surface area contributed by atoms with E-state index in [1.807, 2.05) is 12.3 Å². The van der Waals surface area contributed by atoms with Crippen LogP contribution in [-0.4, -0.2) is 45.8 Å². The number of piperidine rings is 1. The summed E-state index contributed by atoms with van der Waals surface area (Å²) >= 11 is 6.22. The molecule has 1 saturated carbocycles. The van der Waals surface area contributed by atoms with Crippen molar-refractivity contribution in [3.05, 3.63) is 64.6 Å². The Morgan fingerprint density at radius 1 is 1.16 bits per heavy atom. The molecule has 2 bridgehead atoms. The number of carbonyl (C=O) groups is 1. The first-order chi connectivity index (χ1) is 18.4. The van der Waals surface area contributed by atoms with Crippen molar-refractivity contribution in [3.63, 3.8) is 0 Å². The Morgan fingerprint density at radius 2 is 1.89 bits per heavy atom. The third-order valence-electron chi connectivity index (χ3n) is 7.89. The first-order valence-electron chi connectivity index (χ1n) is 12.9. The van der Waals surface area contributed by atoms with Gasteiger partial charge in [0.25, 0.3) is 0 Å². The van der Waals surface area contributed by atoms with Gasteiger partial charge in [0.1, 0.15) is 11.6 Å². The molecular weight excluding hydrogens is 516 g/mol. The topological polar surface area (TPSA) is 87.7 Å². The van der Waals surface area contributed by atoms with Crippen molar-refractivity contribution in [2.24, 2.45) is 0 Å². The maximum absolute atomic E-state index is 13.1. The molecule has 4 heterocycles. The van der Waals surface area contributed by atoms with Gasteiger partial charge < -0.3 is 24.5 Å². The van der Waals surface area contributed by atoms with E-state index in [4.69, 9.17) is 21.1 Å². The number of anilines is 1. The Balaban J connectivity index is 1.19. The van der Waals surface area contributed by atoms with Gasteiger partial charge in [-0.25, -0.2) is 9.78 Å². The third-order valence-corrected chi connectivity index (χ3v) is 8.20. The average molecular weight is 544 g/mol. The molecule has 2 N–H and O–H groups in total. The van der Waals surface area contributed by atoms with E-state index in [1.54, 1.807) is 24.3 Å². The van der Waals surface area contributed by atoms with Crippen molar-refractivity contribution in [2.45, 2.75) is 75.8 Å². The molecule has 38 heavy (non-hydrogen) atoms. The van der Waals surface area contributed by atoms with E-state index in [9.17, 15) is 18.7 Å². The average Bonchev–Trinajstić information content (AvgIpc) is 3.58. The van der Waals surface area contributed by atoms with Gasteiger partial charge in [0.2, 0.25) is 0 Å². The van der Waals surface area contributed by atoms with Crippen LogP contribution < -0.4 is 9.64 Å². The highest BCUT2D eigenvalue weighted by Crippen LogP contribution is 2.46. The number of aromatic amines is 1. The molecule has 2 aromatic heterocycles. The van der Waals surface area contributed by atoms with Gasteiger partial charge in [0.05, 0.1) is 23.3 Å². The highest BCUT2D eigenvalue weighted by atomic mass is 35.5. The Hall–Kier alpha value is -3.17. The second kappa shape index (κ2) is 10.2. The van der Waals surface area contributed by atoms with E-state index in [1.165, 1.54) is 6.20 Å². The van der Waals surface area contributed by atoms with Gasteiger partial charge in [-0.2, -0.15) is 8.78 Å². The van der Waals surface area contributed by atoms with Gasteiger partial charge in [-0.3, -0.25) is 0 Å². The normalized spacial score (nSPS) is 22.7. The molecule has 2 aliphatic heterocycles. The quantitative estimate of drug-likeness (QED) is 0.315. The van der Waals surface area contributed by atoms with Gasteiger partial charge in [0.15, 0.2) is 0 Å². The molecule has 200 valence electrons. The molecule has 1 aliphatic carbocycles. The molecule has 0 radical (unpaired) electrons. The molecule has 3 aromatic rings. The zero-order valence-corrected chi connectivity index (χ0v) is 21.3. The maximum atomic E-state index is 13.1. The summed E-state index contributed by atoms with van der Waals surface area (Å²) in [5, 5.41) is 9.45. The van der Waals surface area contributed by atoms with E-state index < -0.39 is 12.6 Å². The second-order valence-corrected chi connectivity index (χ2v) is 10.7. The molecular formula is C28H28ClF2N3O4. The van der Waals surface area contributed by atoms with E-state index in [-0.39, 0.29) is 34.5 Å². The minimum absolute atomic E-state index is 0.00437. The first-order valence-corrected chi connectivity index (χ1v) is 13.3. The minimum atomic E-state index is -2.90. The lowest BCUT2D eigenvalue weighted by Crippen LogP contribution is -2.46. The fraction of sp³-hybridized carbons (Fsp3) is 0.429. The number of nitrogens with one attached hydrogen (secondary N) is 1. The molecule has 3 fully saturated rings. The summed E-state index contributed by atoms with van der Waals surface area (Å²) < 4.78 is 37.5. The summed E-state index contributed by atoms with van der Waals surface area (Å²) in [6, 6.07) is 8.97. The number of aromatic nitrogens is 2. The zero-order chi connectivity index (χ0) is 26.4. The zero-order valence-electron chi connectivity index (χ0n) is 20.6. The van der Waals surface area contributed by atoms with Gasteiger partial charge in [-0.1, -0.05) is 29.8 Å². The van der Waals surface area contributed by atoms with Crippen LogP contribution in [0.3, 0.4) is 0 Å². The first kappa shape index (κ1) is 25.1. The standard InChI is InChI=1S/C28H28ClF2N3O4/c29-23-11-25(32-13-21(23)27(35)36)34-16-7-8-17(34)10-18(9-16)37-14-22-20(12-33-26(22)15-5-6-15)19-3-1-2-4-24(19)38-28(30)31/h1-4,11-13,15-18,28,33H,5-10,14H2,(H,35,36). The number of alkyl halides is 2. The highest BCUT2D eigenvalue weighted by Gasteiger charge is 2.42. The van der Waals surface area contributed by atoms with Crippen molar-refractivity contribution >= 4 is 23.4 Å². The number of carboxylic acid groups (broad SMARTS) is 1. The number of ether oxygens (including phenoxy) is 2. The van der Waals surface area contributed by atoms with Crippen LogP contribution in [-0.2, 0) is 11.3 Å². The Kier molecular flexibility index (Phi) is 6.74. The van der Waals surface area contributed by atoms with Crippen LogP contribution in [0.15, 0.2) is 42.7 Å². The Labute approximate surface area is 223 Å². The van der Waals surface area contributed by atoms with Crippen LogP contribution >= 0.6 is 11.6 Å². The number of para-hydroxylation sites is 1. The van der Waals surface area contributed by atoms with Crippen LogP contribution in [0.1, 0.15) is 66.1 Å². The number of hydrogen-bond donors (Lipinski definition) is 2. The number of halogens is 3. The lowest BCUT2D eigenvalue weighted by atomic mass is 9.98. The maximum Gasteiger partial charge on any atom is 0.387 e. The predicted octanol–water partition coefficient (Wildman–Crippen LogP) is 6.62. The molecule has 3 aliphatic rings. The summed E-state index contributed by atoms with van der Waals surface area (Å²) in [6.45, 7) is -2.52. The lowest BCUT2D eigenvalue weighted by molar-refractivity contribution is -0.0494. The summed E-state index contributed by atoms with van der Waals surface area (Å²) in [5.41, 5.74) is 3.57. The molecule has 0 spiro atoms. The number of benzene rings is 1. The van der Waals surface area contributed by atoms with E-state index in [0.29, 0.717) is 23.9 Å². The third kappa shape index (κ3) is 4.85. The summed E-state index contributed by atoms with van der Waals surface area (Å²) in [7, 11) is 0. The smallest absolute Gasteiger partial charge is 0.387 e. The van der Waals surface area contributed by atoms with E-state index in [2.05, 4.69) is 14.9 Å². The molecule has 2 saturated heterocycles. The van der Waals surface area contributed by atoms with Crippen molar-refractivity contribution in [2.75, 3.05) is 4.90 Å². The van der Waals surface area contributed by atoms with Gasteiger partial charge >= 0.3 is 12.6 Å². The van der Waals surface area contributed by atoms with Gasteiger partial charge in [-0.05, 0) is 50.5 Å². The molecule has 6 rings (SSSR count). The number of carboxylic acids is 1.